The fourth-order valence-corrected chi connectivity index (χ4v) is 1.56. The van der Waals surface area contributed by atoms with E-state index in [-0.39, 0.29) is 16.1 Å². The molecule has 2 rings (SSSR count). The number of nitrogens with zero attached hydrogens (tertiary/aromatic N) is 2. The van der Waals surface area contributed by atoms with E-state index in [1.54, 1.807) is 12.1 Å². The van der Waals surface area contributed by atoms with Gasteiger partial charge < -0.3 is 10.1 Å². The molecule has 4 nitrogen and oxygen atoms in total. The molecular weight excluding hydrogens is 299 g/mol. The second-order valence-electron chi connectivity index (χ2n) is 3.36. The van der Waals surface area contributed by atoms with Crippen LogP contribution < -0.4 is 10.1 Å². The van der Waals surface area contributed by atoms with Crippen LogP contribution in [0.4, 0.5) is 20.3 Å². The van der Waals surface area contributed by atoms with Crippen LogP contribution in [0, 0.1) is 0 Å². The molecule has 0 spiro atoms. The Kier molecular flexibility index (Phi) is 4.34. The van der Waals surface area contributed by atoms with Crippen molar-refractivity contribution in [1.29, 1.82) is 0 Å². The molecule has 0 amide bonds. The maximum Gasteiger partial charge on any atom is 0.387 e. The smallest absolute Gasteiger partial charge is 0.387 e. The van der Waals surface area contributed by atoms with Crippen LogP contribution in [0.2, 0.25) is 10.3 Å². The van der Waals surface area contributed by atoms with Crippen LogP contribution in [0.15, 0.2) is 30.5 Å². The summed E-state index contributed by atoms with van der Waals surface area (Å²) in [6.07, 6.45) is 1.35. The van der Waals surface area contributed by atoms with Crippen LogP contribution >= 0.6 is 23.2 Å². The van der Waals surface area contributed by atoms with Gasteiger partial charge in [0, 0.05) is 5.69 Å². The minimum atomic E-state index is -2.85. The van der Waals surface area contributed by atoms with Gasteiger partial charge in [-0.3, -0.25) is 0 Å². The lowest BCUT2D eigenvalue weighted by atomic mass is 10.3. The minimum absolute atomic E-state index is 0.0459. The highest BCUT2D eigenvalue weighted by Gasteiger charge is 2.06. The lowest BCUT2D eigenvalue weighted by molar-refractivity contribution is -0.0498. The first-order valence-electron chi connectivity index (χ1n) is 5.04. The van der Waals surface area contributed by atoms with Crippen LogP contribution in [-0.4, -0.2) is 16.6 Å². The largest absolute Gasteiger partial charge is 0.435 e. The zero-order chi connectivity index (χ0) is 13.8. The summed E-state index contributed by atoms with van der Waals surface area (Å²) in [5.74, 6) is 0.386. The molecule has 8 heteroatoms. The number of nitrogens with one attached hydrogen (secondary N) is 1. The highest BCUT2D eigenvalue weighted by atomic mass is 35.5. The molecule has 0 saturated heterocycles. The van der Waals surface area contributed by atoms with Crippen LogP contribution in [-0.2, 0) is 0 Å². The molecule has 19 heavy (non-hydrogen) atoms. The zero-order valence-corrected chi connectivity index (χ0v) is 10.8. The standard InChI is InChI=1S/C11H7Cl2F2N3O/c12-8-5-16-10(13)18-9(8)17-6-1-3-7(4-2-6)19-11(14)15/h1-5,11H,(H,16,17,18). The number of aromatic nitrogens is 2. The van der Waals surface area contributed by atoms with E-state index in [4.69, 9.17) is 23.2 Å². The van der Waals surface area contributed by atoms with Gasteiger partial charge in [-0.05, 0) is 35.9 Å². The van der Waals surface area contributed by atoms with E-state index in [0.29, 0.717) is 11.5 Å². The number of rotatable bonds is 4. The third-order valence-electron chi connectivity index (χ3n) is 2.06. The molecule has 0 radical (unpaired) electrons. The van der Waals surface area contributed by atoms with Gasteiger partial charge in [0.1, 0.15) is 10.8 Å². The van der Waals surface area contributed by atoms with Gasteiger partial charge in [-0.2, -0.15) is 13.8 Å². The number of hydrogen-bond donors (Lipinski definition) is 1. The summed E-state index contributed by atoms with van der Waals surface area (Å²) in [7, 11) is 0. The van der Waals surface area contributed by atoms with Crippen LogP contribution in [0.5, 0.6) is 5.75 Å². The summed E-state index contributed by atoms with van der Waals surface area (Å²) in [6.45, 7) is -2.85. The maximum absolute atomic E-state index is 12.0. The maximum atomic E-state index is 12.0. The molecule has 0 aliphatic carbocycles. The number of alkyl halides is 2. The first-order chi connectivity index (χ1) is 9.04. The Hall–Kier alpha value is -1.66. The molecule has 0 unspecified atom stereocenters. The summed E-state index contributed by atoms with van der Waals surface area (Å²) in [4.78, 5) is 7.61. The monoisotopic (exact) mass is 305 g/mol. The Bertz CT molecular complexity index is 566. The third-order valence-corrected chi connectivity index (χ3v) is 2.52. The third kappa shape index (κ3) is 3.90. The molecule has 100 valence electrons. The normalized spacial score (nSPS) is 10.6. The van der Waals surface area contributed by atoms with Crippen LogP contribution in [0.25, 0.3) is 0 Å². The number of hydrogen-bond acceptors (Lipinski definition) is 4. The van der Waals surface area contributed by atoms with Crippen molar-refractivity contribution in [2.45, 2.75) is 6.61 Å². The van der Waals surface area contributed by atoms with Crippen LogP contribution in [0.1, 0.15) is 0 Å². The Labute approximate surface area is 117 Å². The van der Waals surface area contributed by atoms with Gasteiger partial charge in [0.25, 0.3) is 0 Å². The first-order valence-corrected chi connectivity index (χ1v) is 5.80. The van der Waals surface area contributed by atoms with Crippen molar-refractivity contribution in [3.05, 3.63) is 40.8 Å². The van der Waals surface area contributed by atoms with E-state index in [0.717, 1.165) is 0 Å². The van der Waals surface area contributed by atoms with Crippen molar-refractivity contribution in [2.24, 2.45) is 0 Å². The summed E-state index contributed by atoms with van der Waals surface area (Å²) < 4.78 is 28.2. The molecule has 0 bridgehead atoms. The Balaban J connectivity index is 2.13. The highest BCUT2D eigenvalue weighted by molar-refractivity contribution is 6.33. The van der Waals surface area contributed by atoms with Crippen molar-refractivity contribution < 1.29 is 13.5 Å². The molecular formula is C11H7Cl2F2N3O. The highest BCUT2D eigenvalue weighted by Crippen LogP contribution is 2.25. The van der Waals surface area contributed by atoms with Crippen molar-refractivity contribution in [1.82, 2.24) is 9.97 Å². The van der Waals surface area contributed by atoms with Gasteiger partial charge in [0.15, 0.2) is 5.82 Å². The van der Waals surface area contributed by atoms with Gasteiger partial charge in [-0.1, -0.05) is 11.6 Å². The molecule has 0 aliphatic heterocycles. The van der Waals surface area contributed by atoms with Gasteiger partial charge in [-0.15, -0.1) is 0 Å². The molecule has 1 aromatic carbocycles. The minimum Gasteiger partial charge on any atom is -0.435 e. The molecule has 0 fully saturated rings. The fraction of sp³-hybridized carbons (Fsp3) is 0.0909. The predicted molar refractivity (Wildman–Crippen MR) is 68.4 cm³/mol. The van der Waals surface area contributed by atoms with Crippen LogP contribution in [0.3, 0.4) is 0 Å². The van der Waals surface area contributed by atoms with E-state index < -0.39 is 6.61 Å². The topological polar surface area (TPSA) is 47.0 Å². The molecule has 2 aromatic rings. The van der Waals surface area contributed by atoms with Gasteiger partial charge in [-0.25, -0.2) is 4.98 Å². The average Bonchev–Trinajstić information content (AvgIpc) is 2.35. The number of anilines is 2. The summed E-state index contributed by atoms with van der Waals surface area (Å²) in [5, 5.41) is 3.22. The number of ether oxygens (including phenoxy) is 1. The number of benzene rings is 1. The molecule has 0 atom stereocenters. The average molecular weight is 306 g/mol. The van der Waals surface area contributed by atoms with Crippen molar-refractivity contribution >= 4 is 34.7 Å². The van der Waals surface area contributed by atoms with E-state index in [1.165, 1.54) is 18.3 Å². The van der Waals surface area contributed by atoms with E-state index in [2.05, 4.69) is 20.0 Å². The lowest BCUT2D eigenvalue weighted by Gasteiger charge is -2.08. The van der Waals surface area contributed by atoms with Crippen molar-refractivity contribution in [2.75, 3.05) is 5.32 Å². The van der Waals surface area contributed by atoms with Gasteiger partial charge in [0.2, 0.25) is 5.28 Å². The Morgan fingerprint density at radius 2 is 1.84 bits per heavy atom. The van der Waals surface area contributed by atoms with E-state index in [9.17, 15) is 8.78 Å². The number of halogens is 4. The molecule has 0 aliphatic rings. The van der Waals surface area contributed by atoms with Gasteiger partial charge >= 0.3 is 6.61 Å². The molecule has 0 saturated carbocycles. The Morgan fingerprint density at radius 1 is 1.16 bits per heavy atom. The van der Waals surface area contributed by atoms with Crippen molar-refractivity contribution in [3.63, 3.8) is 0 Å². The second-order valence-corrected chi connectivity index (χ2v) is 4.11. The predicted octanol–water partition coefficient (Wildman–Crippen LogP) is 4.13. The molecule has 1 heterocycles. The van der Waals surface area contributed by atoms with E-state index >= 15 is 0 Å². The summed E-state index contributed by atoms with van der Waals surface area (Å²) in [6, 6.07) is 5.88. The fourth-order valence-electron chi connectivity index (χ4n) is 1.29. The lowest BCUT2D eigenvalue weighted by Crippen LogP contribution is -2.02. The second kappa shape index (κ2) is 5.99. The van der Waals surface area contributed by atoms with E-state index in [1.807, 2.05) is 0 Å². The first kappa shape index (κ1) is 13.8. The summed E-state index contributed by atoms with van der Waals surface area (Å²) in [5.41, 5.74) is 0.596. The zero-order valence-electron chi connectivity index (χ0n) is 9.28. The Morgan fingerprint density at radius 3 is 2.47 bits per heavy atom. The van der Waals surface area contributed by atoms with Gasteiger partial charge in [0.05, 0.1) is 6.20 Å². The SMILES string of the molecule is FC(F)Oc1ccc(Nc2nc(Cl)ncc2Cl)cc1. The molecule has 1 N–H and O–H groups in total. The summed E-state index contributed by atoms with van der Waals surface area (Å²) >= 11 is 11.5. The molecule has 1 aromatic heterocycles. The quantitative estimate of drug-likeness (QED) is 0.863. The van der Waals surface area contributed by atoms with Crippen molar-refractivity contribution in [3.8, 4) is 5.75 Å².